The van der Waals surface area contributed by atoms with Crippen molar-refractivity contribution in [1.29, 1.82) is 0 Å². The van der Waals surface area contributed by atoms with E-state index in [0.29, 0.717) is 22.2 Å². The molecule has 0 radical (unpaired) electrons. The Labute approximate surface area is 119 Å². The van der Waals surface area contributed by atoms with Gasteiger partial charge >= 0.3 is 11.9 Å². The number of aromatic nitrogens is 1. The fourth-order valence-corrected chi connectivity index (χ4v) is 2.33. The Morgan fingerprint density at radius 1 is 1.43 bits per heavy atom. The first-order valence-corrected chi connectivity index (χ1v) is 6.26. The molecule has 3 rings (SSSR count). The molecule has 1 fully saturated rings. The van der Waals surface area contributed by atoms with Gasteiger partial charge in [-0.25, -0.2) is 4.79 Å². The fraction of sp³-hybridized carbons (Fsp3) is 0.200. The molecule has 0 atom stereocenters. The summed E-state index contributed by atoms with van der Waals surface area (Å²) in [5, 5.41) is 0.560. The maximum Gasteiger partial charge on any atom is 0.338 e. The lowest BCUT2D eigenvalue weighted by atomic mass is 10.0. The Morgan fingerprint density at radius 3 is 2.81 bits per heavy atom. The summed E-state index contributed by atoms with van der Waals surface area (Å²) in [6, 6.07) is 6.55. The Morgan fingerprint density at radius 2 is 2.19 bits per heavy atom. The number of carbonyl (C=O) groups excluding carboxylic acids is 1. The third kappa shape index (κ3) is 2.03. The van der Waals surface area contributed by atoms with Gasteiger partial charge in [-0.2, -0.15) is 8.78 Å². The van der Waals surface area contributed by atoms with Crippen molar-refractivity contribution in [3.63, 3.8) is 0 Å². The van der Waals surface area contributed by atoms with Crippen LogP contribution < -0.4 is 4.90 Å². The summed E-state index contributed by atoms with van der Waals surface area (Å²) in [5.41, 5.74) is 1.25. The molecule has 1 saturated heterocycles. The van der Waals surface area contributed by atoms with Gasteiger partial charge in [-0.1, -0.05) is 6.58 Å². The molecule has 0 bridgehead atoms. The zero-order valence-corrected chi connectivity index (χ0v) is 11.3. The average Bonchev–Trinajstić information content (AvgIpc) is 2.50. The highest BCUT2D eigenvalue weighted by Crippen LogP contribution is 2.41. The first-order valence-electron chi connectivity index (χ1n) is 6.26. The SMILES string of the molecule is C=C1N(c2ccc3nccc(C(=O)OC)c3c2)CC1(F)F. The first-order chi connectivity index (χ1) is 9.94. The highest BCUT2D eigenvalue weighted by atomic mass is 19.3. The topological polar surface area (TPSA) is 42.4 Å². The van der Waals surface area contributed by atoms with E-state index in [1.807, 2.05) is 0 Å². The van der Waals surface area contributed by atoms with Gasteiger partial charge in [-0.05, 0) is 24.3 Å². The largest absolute Gasteiger partial charge is 0.465 e. The van der Waals surface area contributed by atoms with Crippen molar-refractivity contribution in [2.24, 2.45) is 0 Å². The minimum Gasteiger partial charge on any atom is -0.465 e. The summed E-state index contributed by atoms with van der Waals surface area (Å²) in [6.45, 7) is 2.98. The van der Waals surface area contributed by atoms with Crippen LogP contribution in [0.2, 0.25) is 0 Å². The van der Waals surface area contributed by atoms with E-state index in [2.05, 4.69) is 11.6 Å². The number of benzene rings is 1. The molecule has 2 heterocycles. The normalized spacial score (nSPS) is 16.7. The Hall–Kier alpha value is -2.50. The van der Waals surface area contributed by atoms with Crippen LogP contribution in [0.1, 0.15) is 10.4 Å². The lowest BCUT2D eigenvalue weighted by molar-refractivity contribution is 0.0124. The number of alkyl halides is 2. The molecule has 1 aliphatic heterocycles. The van der Waals surface area contributed by atoms with Gasteiger partial charge in [0.15, 0.2) is 0 Å². The van der Waals surface area contributed by atoms with Gasteiger partial charge in [0.1, 0.15) is 0 Å². The summed E-state index contributed by atoms with van der Waals surface area (Å²) >= 11 is 0. The molecular weight excluding hydrogens is 278 g/mol. The van der Waals surface area contributed by atoms with E-state index in [1.54, 1.807) is 18.2 Å². The molecule has 108 valence electrons. The predicted molar refractivity (Wildman–Crippen MR) is 74.5 cm³/mol. The Kier molecular flexibility index (Phi) is 2.90. The molecule has 1 aliphatic rings. The number of rotatable bonds is 2. The zero-order valence-electron chi connectivity index (χ0n) is 11.3. The van der Waals surface area contributed by atoms with E-state index in [-0.39, 0.29) is 5.70 Å². The summed E-state index contributed by atoms with van der Waals surface area (Å²) in [4.78, 5) is 17.3. The van der Waals surface area contributed by atoms with Crippen LogP contribution in [0.15, 0.2) is 42.7 Å². The quantitative estimate of drug-likeness (QED) is 0.797. The number of anilines is 1. The van der Waals surface area contributed by atoms with Crippen LogP contribution in [-0.4, -0.2) is 30.5 Å². The van der Waals surface area contributed by atoms with Crippen LogP contribution in [0.5, 0.6) is 0 Å². The number of pyridine rings is 1. The van der Waals surface area contributed by atoms with Gasteiger partial charge in [0.05, 0.1) is 30.4 Å². The van der Waals surface area contributed by atoms with E-state index in [0.717, 1.165) is 0 Å². The van der Waals surface area contributed by atoms with Crippen LogP contribution in [0.3, 0.4) is 0 Å². The lowest BCUT2D eigenvalue weighted by Gasteiger charge is -2.42. The number of fused-ring (bicyclic) bond motifs is 1. The van der Waals surface area contributed by atoms with Gasteiger partial charge in [-0.3, -0.25) is 4.98 Å². The number of halogens is 2. The molecule has 0 aliphatic carbocycles. The maximum absolute atomic E-state index is 13.2. The number of nitrogens with zero attached hydrogens (tertiary/aromatic N) is 2. The van der Waals surface area contributed by atoms with E-state index in [1.165, 1.54) is 24.3 Å². The van der Waals surface area contributed by atoms with Gasteiger partial charge in [0, 0.05) is 17.3 Å². The monoisotopic (exact) mass is 290 g/mol. The molecule has 1 aromatic carbocycles. The van der Waals surface area contributed by atoms with Crippen LogP contribution >= 0.6 is 0 Å². The minimum atomic E-state index is -2.87. The van der Waals surface area contributed by atoms with Crippen molar-refractivity contribution < 1.29 is 18.3 Å². The smallest absolute Gasteiger partial charge is 0.338 e. The number of carbonyl (C=O) groups is 1. The van der Waals surface area contributed by atoms with Crippen molar-refractivity contribution in [3.05, 3.63) is 48.3 Å². The Bertz CT molecular complexity index is 758. The number of ether oxygens (including phenoxy) is 1. The van der Waals surface area contributed by atoms with Crippen LogP contribution in [0, 0.1) is 0 Å². The highest BCUT2D eigenvalue weighted by Gasteiger charge is 2.48. The molecule has 2 aromatic rings. The standard InChI is InChI=1S/C15H12F2N2O2/c1-9-15(16,17)8-19(9)10-3-4-13-12(7-10)11(5-6-18-13)14(20)21-2/h3-7H,1,8H2,2H3. The zero-order chi connectivity index (χ0) is 15.2. The summed E-state index contributed by atoms with van der Waals surface area (Å²) in [6.07, 6.45) is 1.50. The minimum absolute atomic E-state index is 0.245. The number of hydrogen-bond acceptors (Lipinski definition) is 4. The molecule has 0 N–H and O–H groups in total. The second-order valence-electron chi connectivity index (χ2n) is 4.79. The highest BCUT2D eigenvalue weighted by molar-refractivity contribution is 6.04. The average molecular weight is 290 g/mol. The van der Waals surface area contributed by atoms with Gasteiger partial charge < -0.3 is 9.64 Å². The Balaban J connectivity index is 2.08. The van der Waals surface area contributed by atoms with Crippen LogP contribution in [0.4, 0.5) is 14.5 Å². The third-order valence-corrected chi connectivity index (χ3v) is 3.55. The molecule has 0 amide bonds. The second kappa shape index (κ2) is 4.51. The molecule has 0 saturated carbocycles. The summed E-state index contributed by atoms with van der Waals surface area (Å²) in [7, 11) is 1.29. The molecule has 21 heavy (non-hydrogen) atoms. The molecular formula is C15H12F2N2O2. The van der Waals surface area contributed by atoms with Crippen molar-refractivity contribution >= 4 is 22.6 Å². The maximum atomic E-state index is 13.2. The van der Waals surface area contributed by atoms with Gasteiger partial charge in [-0.15, -0.1) is 0 Å². The summed E-state index contributed by atoms with van der Waals surface area (Å²) < 4.78 is 31.2. The van der Waals surface area contributed by atoms with Crippen LogP contribution in [-0.2, 0) is 4.74 Å². The van der Waals surface area contributed by atoms with Crippen molar-refractivity contribution in [2.75, 3.05) is 18.6 Å². The van der Waals surface area contributed by atoms with E-state index in [9.17, 15) is 13.6 Å². The molecule has 6 heteroatoms. The lowest BCUT2D eigenvalue weighted by Crippen LogP contribution is -2.53. The van der Waals surface area contributed by atoms with E-state index < -0.39 is 18.4 Å². The van der Waals surface area contributed by atoms with Crippen molar-refractivity contribution in [1.82, 2.24) is 4.98 Å². The summed E-state index contributed by atoms with van der Waals surface area (Å²) in [5.74, 6) is -3.36. The molecule has 1 aromatic heterocycles. The van der Waals surface area contributed by atoms with Crippen LogP contribution in [0.25, 0.3) is 10.9 Å². The number of esters is 1. The number of methoxy groups -OCH3 is 1. The first kappa shape index (κ1) is 13.5. The van der Waals surface area contributed by atoms with E-state index in [4.69, 9.17) is 4.74 Å². The molecule has 0 spiro atoms. The molecule has 0 unspecified atom stereocenters. The molecule has 4 nitrogen and oxygen atoms in total. The van der Waals surface area contributed by atoms with Gasteiger partial charge in [0.2, 0.25) is 0 Å². The van der Waals surface area contributed by atoms with E-state index >= 15 is 0 Å². The fourth-order valence-electron chi connectivity index (χ4n) is 2.33. The predicted octanol–water partition coefficient (Wildman–Crippen LogP) is 2.99. The van der Waals surface area contributed by atoms with Gasteiger partial charge in [0.25, 0.3) is 0 Å². The van der Waals surface area contributed by atoms with Crippen molar-refractivity contribution in [3.8, 4) is 0 Å². The van der Waals surface area contributed by atoms with Crippen molar-refractivity contribution in [2.45, 2.75) is 5.92 Å². The number of hydrogen-bond donors (Lipinski definition) is 0. The third-order valence-electron chi connectivity index (χ3n) is 3.55. The second-order valence-corrected chi connectivity index (χ2v) is 4.79.